The number of hydrogen-bond acceptors (Lipinski definition) is 4. The van der Waals surface area contributed by atoms with E-state index < -0.39 is 28.7 Å². The van der Waals surface area contributed by atoms with Crippen LogP contribution in [0.25, 0.3) is 0 Å². The van der Waals surface area contributed by atoms with Gasteiger partial charge >= 0.3 is 12.2 Å². The summed E-state index contributed by atoms with van der Waals surface area (Å²) in [5, 5.41) is 4.35. The van der Waals surface area contributed by atoms with Crippen LogP contribution in [0.1, 0.15) is 12.0 Å². The Labute approximate surface area is 158 Å². The Balaban J connectivity index is 1.81. The molecule has 1 heterocycles. The van der Waals surface area contributed by atoms with E-state index in [4.69, 9.17) is 11.6 Å². The monoisotopic (exact) mass is 406 g/mol. The molecular weight excluding hydrogens is 389 g/mol. The molecule has 1 aliphatic rings. The minimum Gasteiger partial charge on any atom is -0.329 e. The van der Waals surface area contributed by atoms with Crippen LogP contribution in [-0.4, -0.2) is 60.9 Å². The second kappa shape index (κ2) is 8.57. The molecule has 11 heteroatoms. The zero-order valence-electron chi connectivity index (χ0n) is 14.4. The SMILES string of the molecule is CN(CCCN1C(=O)CNC1=O)CC(=O)Nc1ccc(Cl)c(C(F)(F)F)c1. The molecule has 1 saturated heterocycles. The van der Waals surface area contributed by atoms with E-state index in [1.54, 1.807) is 11.9 Å². The quantitative estimate of drug-likeness (QED) is 0.680. The number of benzene rings is 1. The van der Waals surface area contributed by atoms with Gasteiger partial charge in [-0.1, -0.05) is 11.6 Å². The molecule has 27 heavy (non-hydrogen) atoms. The lowest BCUT2D eigenvalue weighted by Gasteiger charge is -2.18. The summed E-state index contributed by atoms with van der Waals surface area (Å²) in [6.07, 6.45) is -4.16. The van der Waals surface area contributed by atoms with Crippen molar-refractivity contribution in [1.82, 2.24) is 15.1 Å². The van der Waals surface area contributed by atoms with E-state index in [1.807, 2.05) is 0 Å². The molecule has 1 aromatic rings. The van der Waals surface area contributed by atoms with Gasteiger partial charge in [0.25, 0.3) is 0 Å². The largest absolute Gasteiger partial charge is 0.417 e. The third kappa shape index (κ3) is 5.83. The Bertz CT molecular complexity index is 726. The fraction of sp³-hybridized carbons (Fsp3) is 0.438. The van der Waals surface area contributed by atoms with Gasteiger partial charge in [0.05, 0.1) is 23.7 Å². The fourth-order valence-electron chi connectivity index (χ4n) is 2.53. The Morgan fingerprint density at radius 3 is 2.67 bits per heavy atom. The highest BCUT2D eigenvalue weighted by Crippen LogP contribution is 2.36. The smallest absolute Gasteiger partial charge is 0.329 e. The van der Waals surface area contributed by atoms with E-state index in [0.29, 0.717) is 13.0 Å². The Morgan fingerprint density at radius 2 is 2.07 bits per heavy atom. The summed E-state index contributed by atoms with van der Waals surface area (Å²) in [5.41, 5.74) is -1.03. The van der Waals surface area contributed by atoms with Gasteiger partial charge in [-0.15, -0.1) is 0 Å². The number of alkyl halides is 3. The van der Waals surface area contributed by atoms with Gasteiger partial charge in [0.1, 0.15) is 0 Å². The van der Waals surface area contributed by atoms with Crippen LogP contribution in [-0.2, 0) is 15.8 Å². The third-order valence-electron chi connectivity index (χ3n) is 3.83. The van der Waals surface area contributed by atoms with E-state index in [9.17, 15) is 27.6 Å². The molecule has 0 unspecified atom stereocenters. The van der Waals surface area contributed by atoms with Crippen LogP contribution in [0.5, 0.6) is 0 Å². The Morgan fingerprint density at radius 1 is 1.37 bits per heavy atom. The van der Waals surface area contributed by atoms with Crippen LogP contribution in [0, 0.1) is 0 Å². The normalized spacial score (nSPS) is 14.7. The zero-order chi connectivity index (χ0) is 20.2. The first kappa shape index (κ1) is 21.0. The lowest BCUT2D eigenvalue weighted by Crippen LogP contribution is -2.35. The summed E-state index contributed by atoms with van der Waals surface area (Å²) in [7, 11) is 1.65. The second-order valence-electron chi connectivity index (χ2n) is 6.04. The predicted molar refractivity (Wildman–Crippen MR) is 92.3 cm³/mol. The van der Waals surface area contributed by atoms with Crippen molar-refractivity contribution in [2.24, 2.45) is 0 Å². The van der Waals surface area contributed by atoms with Crippen LogP contribution in [0.2, 0.25) is 5.02 Å². The number of likely N-dealkylation sites (N-methyl/N-ethyl adjacent to an activating group) is 1. The number of rotatable bonds is 7. The van der Waals surface area contributed by atoms with Crippen molar-refractivity contribution >= 4 is 35.1 Å². The molecule has 0 aliphatic carbocycles. The van der Waals surface area contributed by atoms with E-state index in [2.05, 4.69) is 10.6 Å². The third-order valence-corrected chi connectivity index (χ3v) is 4.16. The second-order valence-corrected chi connectivity index (χ2v) is 6.44. The van der Waals surface area contributed by atoms with Gasteiger partial charge in [0, 0.05) is 18.8 Å². The molecule has 0 bridgehead atoms. The maximum Gasteiger partial charge on any atom is 0.417 e. The predicted octanol–water partition coefficient (Wildman–Crippen LogP) is 2.17. The topological polar surface area (TPSA) is 81.8 Å². The summed E-state index contributed by atoms with van der Waals surface area (Å²) in [6, 6.07) is 2.69. The summed E-state index contributed by atoms with van der Waals surface area (Å²) < 4.78 is 38.5. The minimum absolute atomic E-state index is 0.00976. The molecule has 148 valence electrons. The van der Waals surface area contributed by atoms with Crippen molar-refractivity contribution < 1.29 is 27.6 Å². The lowest BCUT2D eigenvalue weighted by atomic mass is 10.2. The number of amides is 4. The van der Waals surface area contributed by atoms with Gasteiger partial charge in [-0.2, -0.15) is 13.2 Å². The number of hydrogen-bond donors (Lipinski definition) is 2. The Kier molecular flexibility index (Phi) is 6.66. The molecule has 4 amide bonds. The molecule has 0 aromatic heterocycles. The molecule has 1 aliphatic heterocycles. The maximum atomic E-state index is 12.8. The van der Waals surface area contributed by atoms with Crippen LogP contribution in [0.15, 0.2) is 18.2 Å². The Hall–Kier alpha value is -2.33. The average Bonchev–Trinajstić information content (AvgIpc) is 2.87. The molecule has 0 saturated carbocycles. The molecule has 2 rings (SSSR count). The van der Waals surface area contributed by atoms with Crippen LogP contribution >= 0.6 is 11.6 Å². The minimum atomic E-state index is -4.62. The van der Waals surface area contributed by atoms with Crippen molar-refractivity contribution in [3.8, 4) is 0 Å². The van der Waals surface area contributed by atoms with E-state index >= 15 is 0 Å². The van der Waals surface area contributed by atoms with Gasteiger partial charge in [-0.25, -0.2) is 4.79 Å². The maximum absolute atomic E-state index is 12.8. The van der Waals surface area contributed by atoms with Crippen LogP contribution in [0.3, 0.4) is 0 Å². The van der Waals surface area contributed by atoms with E-state index in [-0.39, 0.29) is 31.2 Å². The van der Waals surface area contributed by atoms with Crippen molar-refractivity contribution in [3.63, 3.8) is 0 Å². The molecular formula is C16H18ClF3N4O3. The number of nitrogens with one attached hydrogen (secondary N) is 2. The van der Waals surface area contributed by atoms with Gasteiger partial charge in [0.15, 0.2) is 0 Å². The van der Waals surface area contributed by atoms with E-state index in [1.165, 1.54) is 6.07 Å². The number of anilines is 1. The lowest BCUT2D eigenvalue weighted by molar-refractivity contribution is -0.137. The summed E-state index contributed by atoms with van der Waals surface area (Å²) in [4.78, 5) is 37.6. The summed E-state index contributed by atoms with van der Waals surface area (Å²) in [6.45, 7) is 0.559. The molecule has 0 spiro atoms. The highest BCUT2D eigenvalue weighted by atomic mass is 35.5. The van der Waals surface area contributed by atoms with Gasteiger partial charge in [0.2, 0.25) is 11.8 Å². The van der Waals surface area contributed by atoms with Crippen LogP contribution < -0.4 is 10.6 Å². The standard InChI is InChI=1S/C16H18ClF3N4O3/c1-23(5-2-6-24-14(26)8-21-15(24)27)9-13(25)22-10-3-4-12(17)11(7-10)16(18,19)20/h3-4,7H,2,5-6,8-9H2,1H3,(H,21,27)(H,22,25). The molecule has 7 nitrogen and oxygen atoms in total. The van der Waals surface area contributed by atoms with Crippen molar-refractivity contribution in [2.75, 3.05) is 38.5 Å². The first-order chi connectivity index (χ1) is 12.6. The number of halogens is 4. The summed E-state index contributed by atoms with van der Waals surface area (Å²) in [5.74, 6) is -0.799. The molecule has 1 aromatic carbocycles. The highest BCUT2D eigenvalue weighted by Gasteiger charge is 2.33. The zero-order valence-corrected chi connectivity index (χ0v) is 15.2. The molecule has 2 N–H and O–H groups in total. The van der Waals surface area contributed by atoms with E-state index in [0.717, 1.165) is 17.0 Å². The van der Waals surface area contributed by atoms with Crippen molar-refractivity contribution in [1.29, 1.82) is 0 Å². The molecule has 0 atom stereocenters. The molecule has 0 radical (unpaired) electrons. The number of carbonyl (C=O) groups is 3. The van der Waals surface area contributed by atoms with Gasteiger partial charge in [-0.3, -0.25) is 19.4 Å². The number of urea groups is 1. The van der Waals surface area contributed by atoms with Gasteiger partial charge in [-0.05, 0) is 31.7 Å². The first-order valence-electron chi connectivity index (χ1n) is 8.01. The summed E-state index contributed by atoms with van der Waals surface area (Å²) >= 11 is 5.54. The fourth-order valence-corrected chi connectivity index (χ4v) is 2.75. The van der Waals surface area contributed by atoms with Crippen molar-refractivity contribution in [2.45, 2.75) is 12.6 Å². The van der Waals surface area contributed by atoms with Crippen LogP contribution in [0.4, 0.5) is 23.7 Å². The van der Waals surface area contributed by atoms with Gasteiger partial charge < -0.3 is 10.6 Å². The van der Waals surface area contributed by atoms with Crippen molar-refractivity contribution in [3.05, 3.63) is 28.8 Å². The first-order valence-corrected chi connectivity index (χ1v) is 8.39. The number of nitrogens with zero attached hydrogens (tertiary/aromatic N) is 2. The number of imide groups is 1. The number of carbonyl (C=O) groups excluding carboxylic acids is 3. The highest BCUT2D eigenvalue weighted by molar-refractivity contribution is 6.31. The average molecular weight is 407 g/mol. The molecule has 1 fully saturated rings.